The van der Waals surface area contributed by atoms with E-state index in [4.69, 9.17) is 0 Å². The summed E-state index contributed by atoms with van der Waals surface area (Å²) >= 11 is 0. The predicted octanol–water partition coefficient (Wildman–Crippen LogP) is 2.81. The van der Waals surface area contributed by atoms with Gasteiger partial charge in [0, 0.05) is 12.1 Å². The van der Waals surface area contributed by atoms with Crippen LogP contribution in [0.15, 0.2) is 0 Å². The lowest BCUT2D eigenvalue weighted by atomic mass is 9.75. The molecule has 0 aromatic rings. The van der Waals surface area contributed by atoms with E-state index < -0.39 is 0 Å². The summed E-state index contributed by atoms with van der Waals surface area (Å²) in [4.78, 5) is 0. The fourth-order valence-corrected chi connectivity index (χ4v) is 2.20. The van der Waals surface area contributed by atoms with Gasteiger partial charge in [-0.05, 0) is 31.1 Å². The Labute approximate surface area is 76.9 Å². The van der Waals surface area contributed by atoms with Gasteiger partial charge in [-0.15, -0.1) is 0 Å². The Hall–Kier alpha value is -0.0400. The largest absolute Gasteiger partial charge is 0.312 e. The monoisotopic (exact) mass is 169 g/mol. The molecular formula is C11H23N. The highest BCUT2D eigenvalue weighted by Gasteiger charge is 2.29. The van der Waals surface area contributed by atoms with E-state index in [0.717, 1.165) is 17.9 Å². The summed E-state index contributed by atoms with van der Waals surface area (Å²) in [6, 6.07) is 1.49. The van der Waals surface area contributed by atoms with E-state index in [9.17, 15) is 0 Å². The minimum Gasteiger partial charge on any atom is -0.312 e. The van der Waals surface area contributed by atoms with E-state index in [2.05, 4.69) is 33.0 Å². The van der Waals surface area contributed by atoms with Crippen molar-refractivity contribution >= 4 is 0 Å². The third kappa shape index (κ3) is 3.14. The second kappa shape index (κ2) is 4.27. The van der Waals surface area contributed by atoms with Gasteiger partial charge in [-0.2, -0.15) is 0 Å². The molecule has 0 aromatic carbocycles. The molecule has 0 heterocycles. The summed E-state index contributed by atoms with van der Waals surface area (Å²) in [5, 5.41) is 3.58. The van der Waals surface area contributed by atoms with E-state index in [1.807, 2.05) is 0 Å². The van der Waals surface area contributed by atoms with Crippen LogP contribution in [-0.2, 0) is 0 Å². The van der Waals surface area contributed by atoms with Gasteiger partial charge in [0.2, 0.25) is 0 Å². The van der Waals surface area contributed by atoms with Crippen LogP contribution in [0.4, 0.5) is 0 Å². The van der Waals surface area contributed by atoms with E-state index in [1.54, 1.807) is 0 Å². The highest BCUT2D eigenvalue weighted by Crippen LogP contribution is 2.32. The molecule has 0 atom stereocenters. The molecule has 1 rings (SSSR count). The van der Waals surface area contributed by atoms with Crippen LogP contribution in [0.2, 0.25) is 0 Å². The van der Waals surface area contributed by atoms with Gasteiger partial charge in [0.15, 0.2) is 0 Å². The van der Waals surface area contributed by atoms with Crippen LogP contribution in [0.5, 0.6) is 0 Å². The Balaban J connectivity index is 2.04. The van der Waals surface area contributed by atoms with Crippen molar-refractivity contribution in [1.29, 1.82) is 0 Å². The first-order valence-corrected chi connectivity index (χ1v) is 5.34. The summed E-state index contributed by atoms with van der Waals surface area (Å²) in [7, 11) is 0. The normalized spacial score (nSPS) is 29.5. The molecule has 0 bridgehead atoms. The van der Waals surface area contributed by atoms with Gasteiger partial charge in [-0.3, -0.25) is 0 Å². The summed E-state index contributed by atoms with van der Waals surface area (Å²) in [6.07, 6.45) is 4.25. The van der Waals surface area contributed by atoms with Crippen LogP contribution < -0.4 is 5.32 Å². The maximum absolute atomic E-state index is 3.58. The van der Waals surface area contributed by atoms with Crippen LogP contribution in [0.1, 0.15) is 47.0 Å². The number of nitrogens with one attached hydrogen (secondary N) is 1. The summed E-state index contributed by atoms with van der Waals surface area (Å²) in [6.45, 7) is 9.11. The van der Waals surface area contributed by atoms with Crippen molar-refractivity contribution in [2.45, 2.75) is 59.0 Å². The quantitative estimate of drug-likeness (QED) is 0.682. The van der Waals surface area contributed by atoms with Crippen molar-refractivity contribution in [1.82, 2.24) is 5.32 Å². The lowest BCUT2D eigenvalue weighted by Gasteiger charge is -2.38. The molecule has 0 amide bonds. The minimum absolute atomic E-state index is 0.662. The predicted molar refractivity (Wildman–Crippen MR) is 54.2 cm³/mol. The molecule has 0 radical (unpaired) electrons. The van der Waals surface area contributed by atoms with E-state index >= 15 is 0 Å². The Bertz CT molecular complexity index is 109. The first-order valence-electron chi connectivity index (χ1n) is 5.34. The molecule has 1 fully saturated rings. The average Bonchev–Trinajstić information content (AvgIpc) is 1.80. The summed E-state index contributed by atoms with van der Waals surface area (Å²) < 4.78 is 0. The molecule has 0 spiro atoms. The first-order chi connectivity index (χ1) is 5.58. The maximum atomic E-state index is 3.58. The Kier molecular flexibility index (Phi) is 3.57. The topological polar surface area (TPSA) is 12.0 Å². The van der Waals surface area contributed by atoms with Crippen molar-refractivity contribution in [3.05, 3.63) is 0 Å². The number of hydrogen-bond acceptors (Lipinski definition) is 1. The van der Waals surface area contributed by atoms with Gasteiger partial charge in [0.05, 0.1) is 0 Å². The molecule has 0 unspecified atom stereocenters. The molecule has 1 nitrogen and oxygen atoms in total. The van der Waals surface area contributed by atoms with Gasteiger partial charge >= 0.3 is 0 Å². The molecule has 72 valence electrons. The molecule has 1 N–H and O–H groups in total. The van der Waals surface area contributed by atoms with Crippen LogP contribution >= 0.6 is 0 Å². The minimum atomic E-state index is 0.662. The standard InChI is InChI=1S/C11H23N/c1-8(2)5-10-6-11(7-10)12-9(3)4/h8-12H,5-7H2,1-4H3. The van der Waals surface area contributed by atoms with E-state index in [-0.39, 0.29) is 0 Å². The van der Waals surface area contributed by atoms with Gasteiger partial charge in [-0.1, -0.05) is 27.7 Å². The average molecular weight is 169 g/mol. The van der Waals surface area contributed by atoms with Crippen molar-refractivity contribution in [2.24, 2.45) is 11.8 Å². The molecule has 1 heteroatoms. The number of hydrogen-bond donors (Lipinski definition) is 1. The lowest BCUT2D eigenvalue weighted by molar-refractivity contribution is 0.184. The van der Waals surface area contributed by atoms with Gasteiger partial charge in [0.25, 0.3) is 0 Å². The van der Waals surface area contributed by atoms with Crippen LogP contribution in [0.25, 0.3) is 0 Å². The second-order valence-corrected chi connectivity index (χ2v) is 4.99. The van der Waals surface area contributed by atoms with Crippen molar-refractivity contribution in [3.63, 3.8) is 0 Å². The molecule has 12 heavy (non-hydrogen) atoms. The van der Waals surface area contributed by atoms with E-state index in [1.165, 1.54) is 19.3 Å². The zero-order valence-electron chi connectivity index (χ0n) is 8.93. The Morgan fingerprint density at radius 1 is 1.17 bits per heavy atom. The third-order valence-electron chi connectivity index (χ3n) is 2.61. The summed E-state index contributed by atoms with van der Waals surface area (Å²) in [5.41, 5.74) is 0. The molecule has 0 aliphatic heterocycles. The SMILES string of the molecule is CC(C)CC1CC(NC(C)C)C1. The summed E-state index contributed by atoms with van der Waals surface area (Å²) in [5.74, 6) is 1.90. The first kappa shape index (κ1) is 10.0. The lowest BCUT2D eigenvalue weighted by Crippen LogP contribution is -2.44. The second-order valence-electron chi connectivity index (χ2n) is 4.99. The Morgan fingerprint density at radius 3 is 2.17 bits per heavy atom. The van der Waals surface area contributed by atoms with Gasteiger partial charge < -0.3 is 5.32 Å². The van der Waals surface area contributed by atoms with Crippen molar-refractivity contribution in [2.75, 3.05) is 0 Å². The molecule has 0 saturated heterocycles. The molecule has 1 aliphatic rings. The molecular weight excluding hydrogens is 146 g/mol. The zero-order chi connectivity index (χ0) is 9.14. The fraction of sp³-hybridized carbons (Fsp3) is 1.00. The third-order valence-corrected chi connectivity index (χ3v) is 2.61. The van der Waals surface area contributed by atoms with Crippen LogP contribution in [0, 0.1) is 11.8 Å². The smallest absolute Gasteiger partial charge is 0.00747 e. The van der Waals surface area contributed by atoms with E-state index in [0.29, 0.717) is 6.04 Å². The van der Waals surface area contributed by atoms with Crippen LogP contribution in [-0.4, -0.2) is 12.1 Å². The van der Waals surface area contributed by atoms with Crippen molar-refractivity contribution < 1.29 is 0 Å². The maximum Gasteiger partial charge on any atom is 0.00747 e. The molecule has 1 saturated carbocycles. The fourth-order valence-electron chi connectivity index (χ4n) is 2.20. The van der Waals surface area contributed by atoms with Gasteiger partial charge in [-0.25, -0.2) is 0 Å². The number of rotatable bonds is 4. The molecule has 0 aromatic heterocycles. The highest BCUT2D eigenvalue weighted by molar-refractivity contribution is 4.86. The van der Waals surface area contributed by atoms with Crippen molar-refractivity contribution in [3.8, 4) is 0 Å². The van der Waals surface area contributed by atoms with Gasteiger partial charge in [0.1, 0.15) is 0 Å². The highest BCUT2D eigenvalue weighted by atomic mass is 15.0. The van der Waals surface area contributed by atoms with Crippen LogP contribution in [0.3, 0.4) is 0 Å². The zero-order valence-corrected chi connectivity index (χ0v) is 8.93. The Morgan fingerprint density at radius 2 is 1.75 bits per heavy atom. The molecule has 1 aliphatic carbocycles.